The zero-order chi connectivity index (χ0) is 29.9. The maximum absolute atomic E-state index is 14.8. The Labute approximate surface area is 219 Å². The van der Waals surface area contributed by atoms with E-state index in [1.807, 2.05) is 0 Å². The molecule has 39 heavy (non-hydrogen) atoms. The predicted molar refractivity (Wildman–Crippen MR) is 115 cm³/mol. The summed E-state index contributed by atoms with van der Waals surface area (Å²) in [5, 5.41) is 2.99. The van der Waals surface area contributed by atoms with Crippen LogP contribution in [0, 0.1) is 11.6 Å². The molecular weight excluding hydrogens is 632 g/mol. The van der Waals surface area contributed by atoms with Crippen LogP contribution in [0.1, 0.15) is 33.0 Å². The Morgan fingerprint density at radius 3 is 2.05 bits per heavy atom. The summed E-state index contributed by atoms with van der Waals surface area (Å²) in [5.41, 5.74) is -5.15. The third-order valence-corrected chi connectivity index (χ3v) is 5.35. The number of nitrogens with one attached hydrogen (secondary N) is 2. The summed E-state index contributed by atoms with van der Waals surface area (Å²) in [5.74, 6) is -11.1. The van der Waals surface area contributed by atoms with E-state index in [-0.39, 0.29) is 18.2 Å². The van der Waals surface area contributed by atoms with Gasteiger partial charge < -0.3 is 10.6 Å². The van der Waals surface area contributed by atoms with Crippen LogP contribution in [0.5, 0.6) is 0 Å². The van der Waals surface area contributed by atoms with Crippen molar-refractivity contribution in [2.45, 2.75) is 24.4 Å². The highest BCUT2D eigenvalue weighted by Gasteiger charge is 2.41. The van der Waals surface area contributed by atoms with Crippen molar-refractivity contribution >= 4 is 33.6 Å². The molecule has 0 fully saturated rings. The number of hydrogen-bond acceptors (Lipinski definition) is 2. The Bertz CT molecular complexity index is 1250. The van der Waals surface area contributed by atoms with E-state index in [4.69, 9.17) is 0 Å². The maximum Gasteiger partial charge on any atom is 0.417 e. The minimum Gasteiger partial charge on any atom is -0.345 e. The Morgan fingerprint density at radius 1 is 0.923 bits per heavy atom. The van der Waals surface area contributed by atoms with E-state index < -0.39 is 93.5 Å². The molecule has 1 unspecified atom stereocenters. The van der Waals surface area contributed by atoms with E-state index in [2.05, 4.69) is 15.9 Å². The van der Waals surface area contributed by atoms with Gasteiger partial charge in [-0.05, 0) is 51.8 Å². The highest BCUT2D eigenvalue weighted by atomic mass is 79.9. The zero-order valence-electron chi connectivity index (χ0n) is 18.7. The van der Waals surface area contributed by atoms with Crippen molar-refractivity contribution in [3.8, 4) is 0 Å². The van der Waals surface area contributed by atoms with Gasteiger partial charge in [-0.2, -0.15) is 39.5 Å². The molecule has 0 bridgehead atoms. The van der Waals surface area contributed by atoms with Crippen LogP contribution in [0.3, 0.4) is 0 Å². The summed E-state index contributed by atoms with van der Waals surface area (Å²) in [4.78, 5) is 23.5. The lowest BCUT2D eigenvalue weighted by molar-refractivity contribution is -0.140. The number of carbonyl (C=O) groups excluding carboxylic acids is 2. The molecule has 0 aliphatic carbocycles. The average molecular weight is 645 g/mol. The number of amides is 2. The Hall–Kier alpha value is -3.24. The highest BCUT2D eigenvalue weighted by molar-refractivity contribution is 9.10. The first-order chi connectivity index (χ1) is 17.7. The molecule has 2 amide bonds. The quantitative estimate of drug-likeness (QED) is 0.257. The number of alkyl halides is 9. The van der Waals surface area contributed by atoms with E-state index in [9.17, 15) is 62.3 Å². The van der Waals surface area contributed by atoms with Crippen molar-refractivity contribution in [2.24, 2.45) is 0 Å². The van der Waals surface area contributed by atoms with Crippen molar-refractivity contribution in [2.75, 3.05) is 13.1 Å². The fourth-order valence-electron chi connectivity index (χ4n) is 3.02. The predicted octanol–water partition coefficient (Wildman–Crippen LogP) is 6.81. The molecule has 1 atom stereocenters. The van der Waals surface area contributed by atoms with Gasteiger partial charge in [-0.3, -0.25) is 9.59 Å². The van der Waals surface area contributed by atoms with Crippen LogP contribution in [-0.2, 0) is 11.0 Å². The van der Waals surface area contributed by atoms with Crippen molar-refractivity contribution in [1.29, 1.82) is 0 Å². The van der Waals surface area contributed by atoms with Gasteiger partial charge in [-0.25, -0.2) is 13.2 Å². The lowest BCUT2D eigenvalue weighted by Crippen LogP contribution is -2.41. The third-order valence-electron chi connectivity index (χ3n) is 4.77. The van der Waals surface area contributed by atoms with Crippen LogP contribution in [0.15, 0.2) is 40.9 Å². The van der Waals surface area contributed by atoms with Gasteiger partial charge in [0.15, 0.2) is 11.6 Å². The summed E-state index contributed by atoms with van der Waals surface area (Å²) in [7, 11) is 0. The van der Waals surface area contributed by atoms with Crippen molar-refractivity contribution < 1.29 is 62.3 Å². The van der Waals surface area contributed by atoms with Gasteiger partial charge in [0.05, 0.1) is 22.1 Å². The molecule has 214 valence electrons. The standard InChI is InChI=1S/C22H13BrF12N2O2/c23-14-4-10(5-16(25)18(14)26)12(21(30,31)32)6-15(24)9-1-2-11(13(3-9)22(33,34)35)19(39)36-7-17(38)37-8-20(27,28)29/h1-6,12H,7-8H2,(H,36,39)(H,37,38). The molecular formula is C22H13BrF12N2O2. The number of carbonyl (C=O) groups is 2. The summed E-state index contributed by atoms with van der Waals surface area (Å²) in [6, 6.07) is 1.47. The van der Waals surface area contributed by atoms with E-state index in [0.29, 0.717) is 18.2 Å². The summed E-state index contributed by atoms with van der Waals surface area (Å²) < 4.78 is 159. The topological polar surface area (TPSA) is 58.2 Å². The smallest absolute Gasteiger partial charge is 0.345 e. The van der Waals surface area contributed by atoms with Crippen LogP contribution >= 0.6 is 15.9 Å². The number of allylic oxidation sites excluding steroid dienone is 1. The van der Waals surface area contributed by atoms with E-state index >= 15 is 0 Å². The molecule has 0 heterocycles. The Balaban J connectivity index is 2.41. The monoisotopic (exact) mass is 644 g/mol. The van der Waals surface area contributed by atoms with Gasteiger partial charge in [0.2, 0.25) is 5.91 Å². The molecule has 0 saturated heterocycles. The van der Waals surface area contributed by atoms with Crippen LogP contribution in [0.4, 0.5) is 52.7 Å². The van der Waals surface area contributed by atoms with Crippen molar-refractivity contribution in [1.82, 2.24) is 10.6 Å². The van der Waals surface area contributed by atoms with Crippen LogP contribution < -0.4 is 10.6 Å². The Morgan fingerprint density at radius 2 is 1.54 bits per heavy atom. The van der Waals surface area contributed by atoms with Crippen molar-refractivity contribution in [3.63, 3.8) is 0 Å². The third kappa shape index (κ3) is 8.90. The molecule has 0 radical (unpaired) electrons. The maximum atomic E-state index is 14.8. The molecule has 0 aliphatic rings. The minimum atomic E-state index is -5.38. The number of hydrogen-bond donors (Lipinski definition) is 2. The fourth-order valence-corrected chi connectivity index (χ4v) is 3.47. The molecule has 4 nitrogen and oxygen atoms in total. The Kier molecular flexibility index (Phi) is 9.74. The number of halogens is 13. The van der Waals surface area contributed by atoms with E-state index in [1.165, 1.54) is 5.32 Å². The number of benzene rings is 2. The second-order valence-corrected chi connectivity index (χ2v) is 8.52. The van der Waals surface area contributed by atoms with Gasteiger partial charge in [-0.15, -0.1) is 0 Å². The molecule has 0 aromatic heterocycles. The lowest BCUT2D eigenvalue weighted by Gasteiger charge is -2.19. The molecule has 2 aromatic rings. The molecule has 0 spiro atoms. The first-order valence-electron chi connectivity index (χ1n) is 10.1. The highest BCUT2D eigenvalue weighted by Crippen LogP contribution is 2.41. The number of rotatable bonds is 7. The summed E-state index contributed by atoms with van der Waals surface area (Å²) >= 11 is 2.50. The second kappa shape index (κ2) is 11.9. The molecule has 2 rings (SSSR count). The summed E-state index contributed by atoms with van der Waals surface area (Å²) in [6.45, 7) is -2.95. The van der Waals surface area contributed by atoms with Gasteiger partial charge in [-0.1, -0.05) is 6.07 Å². The first-order valence-corrected chi connectivity index (χ1v) is 10.9. The van der Waals surface area contributed by atoms with Gasteiger partial charge in [0.25, 0.3) is 5.91 Å². The van der Waals surface area contributed by atoms with E-state index in [1.54, 1.807) is 5.32 Å². The zero-order valence-corrected chi connectivity index (χ0v) is 20.3. The SMILES string of the molecule is O=C(CNC(=O)c1ccc(C(F)=CC(c2cc(F)c(F)c(Br)c2)C(F)(F)F)cc1C(F)(F)F)NCC(F)(F)F. The van der Waals surface area contributed by atoms with E-state index in [0.717, 1.165) is 0 Å². The van der Waals surface area contributed by atoms with Crippen LogP contribution in [0.2, 0.25) is 0 Å². The first kappa shape index (κ1) is 32.0. The van der Waals surface area contributed by atoms with Gasteiger partial charge >= 0.3 is 18.5 Å². The van der Waals surface area contributed by atoms with Crippen molar-refractivity contribution in [3.05, 3.63) is 74.8 Å². The molecule has 2 aromatic carbocycles. The fraction of sp³-hybridized carbons (Fsp3) is 0.273. The normalized spacial score (nSPS) is 13.7. The molecule has 17 heteroatoms. The molecule has 0 saturated carbocycles. The average Bonchev–Trinajstić information content (AvgIpc) is 2.80. The van der Waals surface area contributed by atoms with Crippen LogP contribution in [-0.4, -0.2) is 37.3 Å². The molecule has 2 N–H and O–H groups in total. The van der Waals surface area contributed by atoms with Gasteiger partial charge in [0, 0.05) is 5.56 Å². The second-order valence-electron chi connectivity index (χ2n) is 7.67. The van der Waals surface area contributed by atoms with Crippen LogP contribution in [0.25, 0.3) is 5.83 Å². The molecule has 0 aliphatic heterocycles. The minimum absolute atomic E-state index is 0.0148. The largest absolute Gasteiger partial charge is 0.417 e. The summed E-state index contributed by atoms with van der Waals surface area (Å²) in [6.07, 6.45) is -15.7. The van der Waals surface area contributed by atoms with Gasteiger partial charge in [0.1, 0.15) is 18.3 Å². The lowest BCUT2D eigenvalue weighted by atomic mass is 9.95.